The van der Waals surface area contributed by atoms with Crippen LogP contribution in [0.3, 0.4) is 0 Å². The Morgan fingerprint density at radius 2 is 2.29 bits per heavy atom. The SMILES string of the molecule is CCOC(=O)Cc1cc(Br)cc(C#N)c1CO. The van der Waals surface area contributed by atoms with Crippen molar-refractivity contribution in [1.82, 2.24) is 0 Å². The highest BCUT2D eigenvalue weighted by molar-refractivity contribution is 9.10. The fourth-order valence-electron chi connectivity index (χ4n) is 1.50. The average Bonchev–Trinajstić information content (AvgIpc) is 2.28. The Labute approximate surface area is 108 Å². The van der Waals surface area contributed by atoms with E-state index in [4.69, 9.17) is 10.00 Å². The topological polar surface area (TPSA) is 70.3 Å². The average molecular weight is 298 g/mol. The highest BCUT2D eigenvalue weighted by Gasteiger charge is 2.13. The lowest BCUT2D eigenvalue weighted by atomic mass is 10.00. The van der Waals surface area contributed by atoms with E-state index in [1.807, 2.05) is 6.07 Å². The van der Waals surface area contributed by atoms with Gasteiger partial charge in [0, 0.05) is 4.47 Å². The third-order valence-corrected chi connectivity index (χ3v) is 2.68. The van der Waals surface area contributed by atoms with Crippen molar-refractivity contribution in [2.45, 2.75) is 20.0 Å². The molecule has 0 saturated heterocycles. The second-order valence-corrected chi connectivity index (χ2v) is 4.26. The Balaban J connectivity index is 3.10. The second kappa shape index (κ2) is 6.38. The molecule has 0 amide bonds. The van der Waals surface area contributed by atoms with Gasteiger partial charge < -0.3 is 9.84 Å². The molecule has 0 saturated carbocycles. The molecule has 1 N–H and O–H groups in total. The highest BCUT2D eigenvalue weighted by atomic mass is 79.9. The molecule has 0 aromatic heterocycles. The van der Waals surface area contributed by atoms with E-state index >= 15 is 0 Å². The summed E-state index contributed by atoms with van der Waals surface area (Å²) in [6, 6.07) is 5.31. The number of carbonyl (C=O) groups is 1. The number of ether oxygens (including phenoxy) is 1. The zero-order valence-electron chi connectivity index (χ0n) is 9.36. The smallest absolute Gasteiger partial charge is 0.310 e. The molecule has 0 fully saturated rings. The van der Waals surface area contributed by atoms with Gasteiger partial charge in [-0.2, -0.15) is 5.26 Å². The molecule has 0 spiro atoms. The first-order chi connectivity index (χ1) is 8.12. The van der Waals surface area contributed by atoms with Crippen LogP contribution in [0.1, 0.15) is 23.6 Å². The van der Waals surface area contributed by atoms with Gasteiger partial charge in [-0.15, -0.1) is 0 Å². The zero-order chi connectivity index (χ0) is 12.8. The summed E-state index contributed by atoms with van der Waals surface area (Å²) in [6.45, 7) is 1.77. The minimum absolute atomic E-state index is 0.0534. The molecule has 0 aliphatic heterocycles. The molecule has 5 heteroatoms. The van der Waals surface area contributed by atoms with Crippen molar-refractivity contribution in [2.24, 2.45) is 0 Å². The van der Waals surface area contributed by atoms with E-state index in [1.165, 1.54) is 0 Å². The van der Waals surface area contributed by atoms with Gasteiger partial charge in [-0.05, 0) is 30.2 Å². The van der Waals surface area contributed by atoms with Crippen molar-refractivity contribution in [3.8, 4) is 6.07 Å². The minimum atomic E-state index is -0.371. The van der Waals surface area contributed by atoms with E-state index in [0.717, 1.165) is 0 Å². The van der Waals surface area contributed by atoms with Crippen LogP contribution in [0.5, 0.6) is 0 Å². The lowest BCUT2D eigenvalue weighted by Gasteiger charge is -2.09. The van der Waals surface area contributed by atoms with Crippen molar-refractivity contribution in [3.63, 3.8) is 0 Å². The van der Waals surface area contributed by atoms with Crippen molar-refractivity contribution in [2.75, 3.05) is 6.61 Å². The molecule has 0 atom stereocenters. The number of nitrogens with zero attached hydrogens (tertiary/aromatic N) is 1. The summed E-state index contributed by atoms with van der Waals surface area (Å²) >= 11 is 3.26. The first-order valence-electron chi connectivity index (χ1n) is 5.10. The number of halogens is 1. The number of hydrogen-bond donors (Lipinski definition) is 1. The molecule has 1 aromatic carbocycles. The number of hydrogen-bond acceptors (Lipinski definition) is 4. The number of benzene rings is 1. The van der Waals surface area contributed by atoms with Crippen LogP contribution in [0.4, 0.5) is 0 Å². The van der Waals surface area contributed by atoms with Gasteiger partial charge in [-0.3, -0.25) is 4.79 Å². The van der Waals surface area contributed by atoms with E-state index in [1.54, 1.807) is 19.1 Å². The number of aliphatic hydroxyl groups is 1. The molecule has 0 bridgehead atoms. The van der Waals surface area contributed by atoms with E-state index in [0.29, 0.717) is 27.8 Å². The lowest BCUT2D eigenvalue weighted by Crippen LogP contribution is -2.10. The van der Waals surface area contributed by atoms with Crippen LogP contribution in [0.25, 0.3) is 0 Å². The Morgan fingerprint density at radius 1 is 1.59 bits per heavy atom. The monoisotopic (exact) mass is 297 g/mol. The van der Waals surface area contributed by atoms with Gasteiger partial charge >= 0.3 is 5.97 Å². The highest BCUT2D eigenvalue weighted by Crippen LogP contribution is 2.22. The number of aliphatic hydroxyl groups excluding tert-OH is 1. The first kappa shape index (κ1) is 13.7. The van der Waals surface area contributed by atoms with E-state index in [-0.39, 0.29) is 19.0 Å². The standard InChI is InChI=1S/C12H12BrNO3/c1-2-17-12(16)5-8-3-10(13)4-9(6-14)11(8)7-15/h3-4,15H,2,5,7H2,1H3. The van der Waals surface area contributed by atoms with Crippen LogP contribution in [0, 0.1) is 11.3 Å². The number of carbonyl (C=O) groups excluding carboxylic acids is 1. The number of nitriles is 1. The third-order valence-electron chi connectivity index (χ3n) is 2.23. The third kappa shape index (κ3) is 3.55. The summed E-state index contributed by atoms with van der Waals surface area (Å²) in [5.41, 5.74) is 1.45. The van der Waals surface area contributed by atoms with Gasteiger partial charge in [0.2, 0.25) is 0 Å². The van der Waals surface area contributed by atoms with Gasteiger partial charge in [0.1, 0.15) is 0 Å². The lowest BCUT2D eigenvalue weighted by molar-refractivity contribution is -0.142. The van der Waals surface area contributed by atoms with Gasteiger partial charge in [0.25, 0.3) is 0 Å². The molecule has 0 heterocycles. The van der Waals surface area contributed by atoms with Crippen LogP contribution >= 0.6 is 15.9 Å². The summed E-state index contributed by atoms with van der Waals surface area (Å²) in [4.78, 5) is 11.4. The molecule has 4 nitrogen and oxygen atoms in total. The molecule has 17 heavy (non-hydrogen) atoms. The van der Waals surface area contributed by atoms with Gasteiger partial charge in [-0.25, -0.2) is 0 Å². The van der Waals surface area contributed by atoms with Crippen LogP contribution in [0.2, 0.25) is 0 Å². The Morgan fingerprint density at radius 3 is 2.82 bits per heavy atom. The Bertz CT molecular complexity index is 466. The maximum absolute atomic E-state index is 11.4. The van der Waals surface area contributed by atoms with Crippen LogP contribution < -0.4 is 0 Å². The summed E-state index contributed by atoms with van der Waals surface area (Å²) in [6.07, 6.45) is 0.0534. The molecule has 0 unspecified atom stereocenters. The molecule has 90 valence electrons. The quantitative estimate of drug-likeness (QED) is 0.862. The zero-order valence-corrected chi connectivity index (χ0v) is 11.0. The second-order valence-electron chi connectivity index (χ2n) is 3.34. The van der Waals surface area contributed by atoms with Crippen LogP contribution in [0.15, 0.2) is 16.6 Å². The van der Waals surface area contributed by atoms with Crippen LogP contribution in [-0.2, 0) is 22.6 Å². The summed E-state index contributed by atoms with van der Waals surface area (Å²) in [5, 5.41) is 18.2. The van der Waals surface area contributed by atoms with E-state index < -0.39 is 0 Å². The van der Waals surface area contributed by atoms with Crippen molar-refractivity contribution in [1.29, 1.82) is 5.26 Å². The maximum atomic E-state index is 11.4. The summed E-state index contributed by atoms with van der Waals surface area (Å²) in [7, 11) is 0. The minimum Gasteiger partial charge on any atom is -0.466 e. The summed E-state index contributed by atoms with van der Waals surface area (Å²) in [5.74, 6) is -0.371. The van der Waals surface area contributed by atoms with Crippen molar-refractivity contribution < 1.29 is 14.6 Å². The normalized spacial score (nSPS) is 9.76. The Hall–Kier alpha value is -1.38. The molecule has 1 rings (SSSR count). The van der Waals surface area contributed by atoms with Crippen molar-refractivity contribution in [3.05, 3.63) is 33.3 Å². The predicted molar refractivity (Wildman–Crippen MR) is 65.1 cm³/mol. The number of esters is 1. The Kier molecular flexibility index (Phi) is 5.13. The van der Waals surface area contributed by atoms with Crippen LogP contribution in [-0.4, -0.2) is 17.7 Å². The molecule has 0 aliphatic carbocycles. The molecule has 0 aliphatic rings. The van der Waals surface area contributed by atoms with E-state index in [2.05, 4.69) is 15.9 Å². The maximum Gasteiger partial charge on any atom is 0.310 e. The predicted octanol–water partition coefficient (Wildman–Crippen LogP) is 1.92. The molecule has 0 radical (unpaired) electrons. The van der Waals surface area contributed by atoms with E-state index in [9.17, 15) is 9.90 Å². The summed E-state index contributed by atoms with van der Waals surface area (Å²) < 4.78 is 5.54. The fourth-order valence-corrected chi connectivity index (χ4v) is 2.01. The fraction of sp³-hybridized carbons (Fsp3) is 0.333. The first-order valence-corrected chi connectivity index (χ1v) is 5.89. The van der Waals surface area contributed by atoms with Crippen molar-refractivity contribution >= 4 is 21.9 Å². The molecular formula is C12H12BrNO3. The largest absolute Gasteiger partial charge is 0.466 e. The van der Waals surface area contributed by atoms with Gasteiger partial charge in [0.05, 0.1) is 31.3 Å². The molecular weight excluding hydrogens is 286 g/mol. The molecule has 1 aromatic rings. The van der Waals surface area contributed by atoms with Gasteiger partial charge in [0.15, 0.2) is 0 Å². The number of rotatable bonds is 4. The van der Waals surface area contributed by atoms with Gasteiger partial charge in [-0.1, -0.05) is 15.9 Å².